The van der Waals surface area contributed by atoms with E-state index in [0.717, 1.165) is 31.4 Å². The molecule has 1 saturated carbocycles. The number of nitrogens with zero attached hydrogens (tertiary/aromatic N) is 3. The van der Waals surface area contributed by atoms with Crippen LogP contribution in [0.5, 0.6) is 5.75 Å². The standard InChI is InChI=1S/C23H25N3O4S2/c1-15-20(21(27)28)25-19(32-15)14-26(11-3-5-17-6-4-12-31-17)22(29)23(9-10-23)18-8-7-16(30-2)13-24-18/h4,6-8,12-13H,3,5,9-11,14H2,1-2H3,(H,27,28). The summed E-state index contributed by atoms with van der Waals surface area (Å²) in [4.78, 5) is 37.7. The van der Waals surface area contributed by atoms with E-state index >= 15 is 0 Å². The van der Waals surface area contributed by atoms with Crippen LogP contribution in [-0.4, -0.2) is 45.5 Å². The second-order valence-corrected chi connectivity index (χ2v) is 10.2. The van der Waals surface area contributed by atoms with Crippen LogP contribution in [0.25, 0.3) is 0 Å². The first-order chi connectivity index (χ1) is 15.4. The number of carboxylic acid groups (broad SMARTS) is 1. The molecule has 168 valence electrons. The van der Waals surface area contributed by atoms with Crippen molar-refractivity contribution in [1.29, 1.82) is 0 Å². The quantitative estimate of drug-likeness (QED) is 0.474. The maximum absolute atomic E-state index is 13.7. The Morgan fingerprint density at radius 1 is 1.28 bits per heavy atom. The van der Waals surface area contributed by atoms with Gasteiger partial charge in [0.2, 0.25) is 5.91 Å². The van der Waals surface area contributed by atoms with Gasteiger partial charge in [-0.3, -0.25) is 9.78 Å². The number of thiazole rings is 1. The molecule has 1 aliphatic rings. The number of aromatic nitrogens is 2. The van der Waals surface area contributed by atoms with Crippen LogP contribution in [0.4, 0.5) is 0 Å². The molecule has 3 aromatic rings. The van der Waals surface area contributed by atoms with E-state index in [0.29, 0.717) is 28.7 Å². The van der Waals surface area contributed by atoms with Crippen LogP contribution in [0, 0.1) is 6.92 Å². The van der Waals surface area contributed by atoms with Crippen LogP contribution >= 0.6 is 22.7 Å². The lowest BCUT2D eigenvalue weighted by Gasteiger charge is -2.26. The maximum Gasteiger partial charge on any atom is 0.355 e. The first kappa shape index (κ1) is 22.4. The van der Waals surface area contributed by atoms with Crippen molar-refractivity contribution < 1.29 is 19.4 Å². The Balaban J connectivity index is 1.55. The van der Waals surface area contributed by atoms with E-state index in [2.05, 4.69) is 21.4 Å². The smallest absolute Gasteiger partial charge is 0.355 e. The Hall–Kier alpha value is -2.78. The highest BCUT2D eigenvalue weighted by Crippen LogP contribution is 2.49. The molecule has 0 unspecified atom stereocenters. The molecule has 0 spiro atoms. The summed E-state index contributed by atoms with van der Waals surface area (Å²) in [5.41, 5.74) is 0.207. The summed E-state index contributed by atoms with van der Waals surface area (Å²) in [5, 5.41) is 12.0. The van der Waals surface area contributed by atoms with Gasteiger partial charge in [-0.1, -0.05) is 6.07 Å². The van der Waals surface area contributed by atoms with Gasteiger partial charge in [-0.2, -0.15) is 0 Å². The fourth-order valence-electron chi connectivity index (χ4n) is 3.82. The number of hydrogen-bond acceptors (Lipinski definition) is 7. The number of pyridine rings is 1. The van der Waals surface area contributed by atoms with E-state index < -0.39 is 11.4 Å². The van der Waals surface area contributed by atoms with E-state index in [9.17, 15) is 14.7 Å². The van der Waals surface area contributed by atoms with Crippen molar-refractivity contribution >= 4 is 34.6 Å². The van der Waals surface area contributed by atoms with Crippen molar-refractivity contribution in [1.82, 2.24) is 14.9 Å². The topological polar surface area (TPSA) is 92.6 Å². The minimum Gasteiger partial charge on any atom is -0.495 e. The van der Waals surface area contributed by atoms with Crippen LogP contribution in [-0.2, 0) is 23.2 Å². The Morgan fingerprint density at radius 3 is 2.66 bits per heavy atom. The van der Waals surface area contributed by atoms with Crippen molar-refractivity contribution in [2.24, 2.45) is 0 Å². The van der Waals surface area contributed by atoms with Crippen molar-refractivity contribution in [2.75, 3.05) is 13.7 Å². The molecule has 3 aromatic heterocycles. The van der Waals surface area contributed by atoms with Crippen molar-refractivity contribution in [2.45, 2.75) is 44.6 Å². The van der Waals surface area contributed by atoms with Gasteiger partial charge in [0, 0.05) is 16.3 Å². The van der Waals surface area contributed by atoms with E-state index in [1.165, 1.54) is 16.2 Å². The first-order valence-corrected chi connectivity index (χ1v) is 12.1. The third-order valence-corrected chi connectivity index (χ3v) is 7.60. The molecule has 0 saturated heterocycles. The summed E-state index contributed by atoms with van der Waals surface area (Å²) in [7, 11) is 1.59. The van der Waals surface area contributed by atoms with E-state index in [1.54, 1.807) is 31.6 Å². The number of rotatable bonds is 10. The largest absolute Gasteiger partial charge is 0.495 e. The van der Waals surface area contributed by atoms with Crippen LogP contribution in [0.2, 0.25) is 0 Å². The molecule has 0 aromatic carbocycles. The number of methoxy groups -OCH3 is 1. The minimum absolute atomic E-state index is 0.0334. The Labute approximate surface area is 194 Å². The molecule has 0 aliphatic heterocycles. The number of ether oxygens (including phenoxy) is 1. The van der Waals surface area contributed by atoms with Gasteiger partial charge in [0.15, 0.2) is 5.69 Å². The molecule has 1 fully saturated rings. The normalized spacial score (nSPS) is 14.2. The average molecular weight is 472 g/mol. The van der Waals surface area contributed by atoms with Gasteiger partial charge in [-0.05, 0) is 56.2 Å². The average Bonchev–Trinajstić information content (AvgIpc) is 3.26. The van der Waals surface area contributed by atoms with E-state index in [4.69, 9.17) is 4.74 Å². The molecule has 9 heteroatoms. The van der Waals surface area contributed by atoms with Crippen LogP contribution in [0.3, 0.4) is 0 Å². The lowest BCUT2D eigenvalue weighted by molar-refractivity contribution is -0.134. The molecule has 1 N–H and O–H groups in total. The Kier molecular flexibility index (Phi) is 6.57. The number of hydrogen-bond donors (Lipinski definition) is 1. The highest BCUT2D eigenvalue weighted by molar-refractivity contribution is 7.11. The van der Waals surface area contributed by atoms with Crippen molar-refractivity contribution in [3.63, 3.8) is 0 Å². The predicted octanol–water partition coefficient (Wildman–Crippen LogP) is 4.31. The lowest BCUT2D eigenvalue weighted by atomic mass is 9.99. The van der Waals surface area contributed by atoms with Gasteiger partial charge in [0.25, 0.3) is 0 Å². The number of aromatic carboxylic acids is 1. The number of aryl methyl sites for hydroxylation is 2. The zero-order valence-corrected chi connectivity index (χ0v) is 19.7. The molecule has 0 bridgehead atoms. The monoisotopic (exact) mass is 471 g/mol. The second kappa shape index (κ2) is 9.38. The van der Waals surface area contributed by atoms with Crippen LogP contribution < -0.4 is 4.74 Å². The number of carbonyl (C=O) groups is 2. The fourth-order valence-corrected chi connectivity index (χ4v) is 5.51. The third-order valence-electron chi connectivity index (χ3n) is 5.71. The van der Waals surface area contributed by atoms with Gasteiger partial charge in [-0.25, -0.2) is 9.78 Å². The third kappa shape index (κ3) is 4.68. The highest BCUT2D eigenvalue weighted by Gasteiger charge is 2.54. The second-order valence-electron chi connectivity index (χ2n) is 7.89. The van der Waals surface area contributed by atoms with Crippen molar-refractivity contribution in [3.8, 4) is 5.75 Å². The summed E-state index contributed by atoms with van der Waals surface area (Å²) in [6, 6.07) is 7.83. The highest BCUT2D eigenvalue weighted by atomic mass is 32.1. The molecular formula is C23H25N3O4S2. The van der Waals surface area contributed by atoms with Gasteiger partial charge < -0.3 is 14.7 Å². The first-order valence-electron chi connectivity index (χ1n) is 10.4. The molecule has 1 aliphatic carbocycles. The van der Waals surface area contributed by atoms with Gasteiger partial charge in [0.1, 0.15) is 10.8 Å². The SMILES string of the molecule is COc1ccc(C2(C(=O)N(CCCc3cccs3)Cc3nc(C(=O)O)c(C)s3)CC2)nc1. The molecule has 0 atom stereocenters. The Bertz CT molecular complexity index is 1090. The molecule has 7 nitrogen and oxygen atoms in total. The Morgan fingerprint density at radius 2 is 2.09 bits per heavy atom. The molecule has 4 rings (SSSR count). The van der Waals surface area contributed by atoms with Gasteiger partial charge >= 0.3 is 5.97 Å². The zero-order valence-electron chi connectivity index (χ0n) is 18.0. The number of carbonyl (C=O) groups excluding carboxylic acids is 1. The lowest BCUT2D eigenvalue weighted by Crippen LogP contribution is -2.40. The van der Waals surface area contributed by atoms with E-state index in [1.807, 2.05) is 23.1 Å². The fraction of sp³-hybridized carbons (Fsp3) is 0.391. The summed E-state index contributed by atoms with van der Waals surface area (Å²) in [6.45, 7) is 2.63. The summed E-state index contributed by atoms with van der Waals surface area (Å²) in [5.74, 6) is -0.350. The minimum atomic E-state index is -1.04. The number of amides is 1. The number of carboxylic acids is 1. The van der Waals surface area contributed by atoms with Gasteiger partial charge in [-0.15, -0.1) is 22.7 Å². The summed E-state index contributed by atoms with van der Waals surface area (Å²) in [6.07, 6.45) is 4.88. The van der Waals surface area contributed by atoms with Crippen molar-refractivity contribution in [3.05, 3.63) is 62.0 Å². The molecular weight excluding hydrogens is 446 g/mol. The summed E-state index contributed by atoms with van der Waals surface area (Å²) < 4.78 is 5.20. The van der Waals surface area contributed by atoms with E-state index in [-0.39, 0.29) is 11.6 Å². The van der Waals surface area contributed by atoms with Crippen LogP contribution in [0.15, 0.2) is 35.8 Å². The molecule has 0 radical (unpaired) electrons. The van der Waals surface area contributed by atoms with Gasteiger partial charge in [0.05, 0.1) is 31.0 Å². The zero-order chi connectivity index (χ0) is 22.7. The summed E-state index contributed by atoms with van der Waals surface area (Å²) >= 11 is 3.05. The maximum atomic E-state index is 13.7. The number of thiophene rings is 1. The molecule has 3 heterocycles. The molecule has 32 heavy (non-hydrogen) atoms. The predicted molar refractivity (Wildman–Crippen MR) is 124 cm³/mol. The molecule has 1 amide bonds. The van der Waals surface area contributed by atoms with Crippen LogP contribution in [0.1, 0.15) is 50.2 Å².